The summed E-state index contributed by atoms with van der Waals surface area (Å²) >= 11 is 0. The first kappa shape index (κ1) is 27.4. The second-order valence-electron chi connectivity index (χ2n) is 11.4. The maximum Gasteiger partial charge on any atom is 0.410 e. The van der Waals surface area contributed by atoms with Crippen LogP contribution in [0.15, 0.2) is 72.8 Å². The number of carboxylic acids is 1. The van der Waals surface area contributed by atoms with Gasteiger partial charge in [0.05, 0.1) is 17.6 Å². The van der Waals surface area contributed by atoms with Crippen LogP contribution in [0.2, 0.25) is 0 Å². The molecule has 1 aliphatic rings. The number of carbonyl (C=O) groups is 2. The van der Waals surface area contributed by atoms with Crippen LogP contribution in [0.1, 0.15) is 43.6 Å². The van der Waals surface area contributed by atoms with E-state index in [-0.39, 0.29) is 25.6 Å². The first-order valence-corrected chi connectivity index (χ1v) is 13.6. The van der Waals surface area contributed by atoms with E-state index in [0.29, 0.717) is 6.54 Å². The summed E-state index contributed by atoms with van der Waals surface area (Å²) in [7, 11) is 1.93. The molecule has 0 saturated carbocycles. The molecule has 0 fully saturated rings. The van der Waals surface area contributed by atoms with Crippen molar-refractivity contribution in [3.8, 4) is 11.1 Å². The van der Waals surface area contributed by atoms with Crippen molar-refractivity contribution in [2.75, 3.05) is 19.7 Å². The predicted molar refractivity (Wildman–Crippen MR) is 155 cm³/mol. The van der Waals surface area contributed by atoms with Gasteiger partial charge in [0.15, 0.2) is 0 Å². The van der Waals surface area contributed by atoms with Gasteiger partial charge in [-0.3, -0.25) is 9.69 Å². The minimum atomic E-state index is -0.921. The van der Waals surface area contributed by atoms with E-state index in [1.165, 1.54) is 11.1 Å². The number of carbonyl (C=O) groups excluding carboxylic acids is 1. The number of nitrogens with one attached hydrogen (secondary N) is 1. The lowest BCUT2D eigenvalue weighted by molar-refractivity contribution is -0.142. The normalized spacial score (nSPS) is 13.6. The van der Waals surface area contributed by atoms with Crippen LogP contribution in [-0.2, 0) is 23.1 Å². The van der Waals surface area contributed by atoms with Gasteiger partial charge in [-0.1, -0.05) is 81.4 Å². The third-order valence-electron chi connectivity index (χ3n) is 7.65. The molecule has 4 aromatic rings. The number of ether oxygens (including phenoxy) is 1. The number of hydrogen-bond acceptors (Lipinski definition) is 5. The van der Waals surface area contributed by atoms with Gasteiger partial charge >= 0.3 is 12.1 Å². The molecule has 1 aromatic heterocycles. The van der Waals surface area contributed by atoms with Crippen molar-refractivity contribution in [2.45, 2.75) is 39.3 Å². The number of aromatic nitrogens is 2. The van der Waals surface area contributed by atoms with Crippen LogP contribution in [-0.4, -0.2) is 57.4 Å². The number of aliphatic carboxylic acids is 1. The number of benzene rings is 3. The summed E-state index contributed by atoms with van der Waals surface area (Å²) in [4.78, 5) is 31.8. The summed E-state index contributed by atoms with van der Waals surface area (Å²) in [6.45, 7) is 6.63. The number of para-hydroxylation sites is 2. The average Bonchev–Trinajstić information content (AvgIpc) is 3.42. The first-order chi connectivity index (χ1) is 19.1. The van der Waals surface area contributed by atoms with E-state index in [1.807, 2.05) is 80.9 Å². The van der Waals surface area contributed by atoms with Gasteiger partial charge in [0, 0.05) is 26.1 Å². The molecule has 0 spiro atoms. The number of aryl methyl sites for hydroxylation is 1. The zero-order chi connectivity index (χ0) is 28.4. The van der Waals surface area contributed by atoms with Crippen LogP contribution in [0, 0.1) is 5.41 Å². The Hall–Kier alpha value is -4.17. The molecular weight excluding hydrogens is 504 g/mol. The number of hydrogen-bond donors (Lipinski definition) is 2. The molecule has 1 aliphatic carbocycles. The van der Waals surface area contributed by atoms with Gasteiger partial charge in [-0.25, -0.2) is 9.78 Å². The topological polar surface area (TPSA) is 96.7 Å². The molecule has 0 radical (unpaired) electrons. The number of rotatable bonds is 9. The number of fused-ring (bicyclic) bond motifs is 4. The molecule has 5 rings (SSSR count). The summed E-state index contributed by atoms with van der Waals surface area (Å²) in [5.74, 6) is -0.250. The molecule has 1 amide bonds. The number of imidazole rings is 1. The molecule has 40 heavy (non-hydrogen) atoms. The van der Waals surface area contributed by atoms with E-state index in [9.17, 15) is 14.7 Å². The van der Waals surface area contributed by atoms with Crippen molar-refractivity contribution in [1.29, 1.82) is 0 Å². The van der Waals surface area contributed by atoms with E-state index in [0.717, 1.165) is 28.0 Å². The smallest absolute Gasteiger partial charge is 0.410 e. The van der Waals surface area contributed by atoms with Crippen molar-refractivity contribution >= 4 is 23.1 Å². The Balaban J connectivity index is 1.35. The molecule has 8 heteroatoms. The van der Waals surface area contributed by atoms with Crippen molar-refractivity contribution in [3.05, 3.63) is 89.7 Å². The minimum absolute atomic E-state index is 0.0515. The summed E-state index contributed by atoms with van der Waals surface area (Å²) < 4.78 is 7.94. The molecule has 1 heterocycles. The Bertz CT molecular complexity index is 1490. The molecule has 208 valence electrons. The highest BCUT2D eigenvalue weighted by atomic mass is 16.6. The summed E-state index contributed by atoms with van der Waals surface area (Å²) in [5.41, 5.74) is 5.97. The lowest BCUT2D eigenvalue weighted by atomic mass is 9.87. The molecule has 0 aliphatic heterocycles. The molecule has 0 saturated heterocycles. The fourth-order valence-electron chi connectivity index (χ4n) is 5.54. The standard InChI is InChI=1S/C32H36N4O4/c1-32(2,3)29(30(37)38)33-17-18-36(19-28-34-26-15-9-10-16-27(26)35(28)4)31(39)40-20-25-23-13-7-5-11-21(23)22-12-6-8-14-24(22)25/h5-16,25,29,33H,17-20H2,1-4H3,(H,37,38)/t29-/m1/s1. The van der Waals surface area contributed by atoms with Gasteiger partial charge in [0.25, 0.3) is 0 Å². The van der Waals surface area contributed by atoms with Crippen LogP contribution in [0.5, 0.6) is 0 Å². The first-order valence-electron chi connectivity index (χ1n) is 13.6. The summed E-state index contributed by atoms with van der Waals surface area (Å²) in [6.07, 6.45) is -0.460. The largest absolute Gasteiger partial charge is 0.480 e. The predicted octanol–water partition coefficient (Wildman–Crippen LogP) is 5.41. The average molecular weight is 541 g/mol. The zero-order valence-electron chi connectivity index (χ0n) is 23.4. The molecule has 2 N–H and O–H groups in total. The van der Waals surface area contributed by atoms with Gasteiger partial charge in [0.2, 0.25) is 0 Å². The second-order valence-corrected chi connectivity index (χ2v) is 11.4. The fraction of sp³-hybridized carbons (Fsp3) is 0.344. The highest BCUT2D eigenvalue weighted by Gasteiger charge is 2.32. The monoisotopic (exact) mass is 540 g/mol. The van der Waals surface area contributed by atoms with Gasteiger partial charge in [-0.15, -0.1) is 0 Å². The van der Waals surface area contributed by atoms with Crippen LogP contribution in [0.4, 0.5) is 4.79 Å². The van der Waals surface area contributed by atoms with Crippen molar-refractivity contribution in [2.24, 2.45) is 12.5 Å². The molecule has 0 unspecified atom stereocenters. The Kier molecular flexibility index (Phi) is 7.63. The molecule has 3 aromatic carbocycles. The van der Waals surface area contributed by atoms with Crippen LogP contribution >= 0.6 is 0 Å². The van der Waals surface area contributed by atoms with Crippen molar-refractivity contribution in [1.82, 2.24) is 19.8 Å². The fourth-order valence-corrected chi connectivity index (χ4v) is 5.54. The number of nitrogens with zero attached hydrogens (tertiary/aromatic N) is 3. The van der Waals surface area contributed by atoms with E-state index in [2.05, 4.69) is 29.6 Å². The quantitative estimate of drug-likeness (QED) is 0.295. The van der Waals surface area contributed by atoms with Crippen LogP contribution in [0.25, 0.3) is 22.2 Å². The Morgan fingerprint density at radius 1 is 1.00 bits per heavy atom. The second kappa shape index (κ2) is 11.1. The van der Waals surface area contributed by atoms with Crippen LogP contribution < -0.4 is 5.32 Å². The third kappa shape index (κ3) is 5.45. The third-order valence-corrected chi connectivity index (χ3v) is 7.65. The van der Waals surface area contributed by atoms with E-state index in [4.69, 9.17) is 9.72 Å². The Morgan fingerprint density at radius 2 is 1.60 bits per heavy atom. The Morgan fingerprint density at radius 3 is 2.20 bits per heavy atom. The van der Waals surface area contributed by atoms with Gasteiger partial charge in [-0.05, 0) is 39.8 Å². The molecule has 1 atom stereocenters. The van der Waals surface area contributed by atoms with Gasteiger partial charge in [-0.2, -0.15) is 0 Å². The molecule has 8 nitrogen and oxygen atoms in total. The lowest BCUT2D eigenvalue weighted by Crippen LogP contribution is -2.49. The van der Waals surface area contributed by atoms with E-state index >= 15 is 0 Å². The SMILES string of the molecule is Cn1c(CN(CCN[C@H](C(=O)O)C(C)(C)C)C(=O)OCC2c3ccccc3-c3ccccc32)nc2ccccc21. The van der Waals surface area contributed by atoms with Gasteiger partial charge in [0.1, 0.15) is 18.5 Å². The summed E-state index contributed by atoms with van der Waals surface area (Å²) in [6, 6.07) is 23.5. The molecule has 0 bridgehead atoms. The van der Waals surface area contributed by atoms with E-state index < -0.39 is 23.5 Å². The molecular formula is C32H36N4O4. The van der Waals surface area contributed by atoms with E-state index in [1.54, 1.807) is 4.90 Å². The number of amides is 1. The summed E-state index contributed by atoms with van der Waals surface area (Å²) in [5, 5.41) is 12.8. The van der Waals surface area contributed by atoms with Crippen molar-refractivity contribution < 1.29 is 19.4 Å². The van der Waals surface area contributed by atoms with Gasteiger partial charge < -0.3 is 19.7 Å². The van der Waals surface area contributed by atoms with Crippen molar-refractivity contribution in [3.63, 3.8) is 0 Å². The lowest BCUT2D eigenvalue weighted by Gasteiger charge is -2.29. The van der Waals surface area contributed by atoms with Crippen LogP contribution in [0.3, 0.4) is 0 Å². The highest BCUT2D eigenvalue weighted by molar-refractivity contribution is 5.79. The number of carboxylic acid groups (broad SMARTS) is 1. The maximum atomic E-state index is 13.6. The maximum absolute atomic E-state index is 13.6. The Labute approximate surface area is 234 Å². The minimum Gasteiger partial charge on any atom is -0.480 e. The zero-order valence-corrected chi connectivity index (χ0v) is 23.4. The highest BCUT2D eigenvalue weighted by Crippen LogP contribution is 2.44.